The third kappa shape index (κ3) is 2.81. The first kappa shape index (κ1) is 14.1. The quantitative estimate of drug-likeness (QED) is 0.916. The van der Waals surface area contributed by atoms with Gasteiger partial charge in [-0.15, -0.1) is 0 Å². The van der Waals surface area contributed by atoms with Crippen LogP contribution < -0.4 is 10.1 Å². The highest BCUT2D eigenvalue weighted by Gasteiger charge is 2.22. The highest BCUT2D eigenvalue weighted by Crippen LogP contribution is 2.29. The molecule has 1 unspecified atom stereocenters. The number of nitrogens with one attached hydrogen (secondary N) is 1. The van der Waals surface area contributed by atoms with Gasteiger partial charge in [0.15, 0.2) is 0 Å². The van der Waals surface area contributed by atoms with E-state index in [9.17, 15) is 0 Å². The van der Waals surface area contributed by atoms with E-state index in [1.807, 2.05) is 24.4 Å². The minimum atomic E-state index is 0.623. The lowest BCUT2D eigenvalue weighted by atomic mass is 10.1. The van der Waals surface area contributed by atoms with E-state index in [1.165, 1.54) is 19.4 Å². The van der Waals surface area contributed by atoms with E-state index in [4.69, 9.17) is 4.74 Å². The first-order chi connectivity index (χ1) is 10.3. The summed E-state index contributed by atoms with van der Waals surface area (Å²) in [5.41, 5.74) is 0. The van der Waals surface area contributed by atoms with Crippen LogP contribution >= 0.6 is 0 Å². The number of pyridine rings is 1. The summed E-state index contributed by atoms with van der Waals surface area (Å²) in [6, 6.07) is 8.73. The van der Waals surface area contributed by atoms with E-state index in [-0.39, 0.29) is 0 Å². The van der Waals surface area contributed by atoms with Crippen LogP contribution in [0.15, 0.2) is 30.5 Å². The number of likely N-dealkylation sites (N-methyl/N-ethyl adjacent to an activating group) is 1. The van der Waals surface area contributed by atoms with Crippen molar-refractivity contribution in [2.75, 3.05) is 32.1 Å². The van der Waals surface area contributed by atoms with E-state index >= 15 is 0 Å². The van der Waals surface area contributed by atoms with Crippen LogP contribution in [0.25, 0.3) is 10.8 Å². The van der Waals surface area contributed by atoms with Crippen molar-refractivity contribution in [2.45, 2.75) is 25.8 Å². The number of benzene rings is 1. The van der Waals surface area contributed by atoms with Crippen molar-refractivity contribution in [3.63, 3.8) is 0 Å². The van der Waals surface area contributed by atoms with Crippen molar-refractivity contribution in [2.24, 2.45) is 0 Å². The maximum absolute atomic E-state index is 5.43. The zero-order chi connectivity index (χ0) is 14.7. The van der Waals surface area contributed by atoms with Crippen molar-refractivity contribution in [1.82, 2.24) is 9.88 Å². The van der Waals surface area contributed by atoms with Gasteiger partial charge in [-0.1, -0.05) is 19.1 Å². The lowest BCUT2D eigenvalue weighted by molar-refractivity contribution is 0.277. The molecular formula is C17H23N3O. The molecule has 0 amide bonds. The fourth-order valence-corrected chi connectivity index (χ4v) is 3.25. The van der Waals surface area contributed by atoms with Crippen molar-refractivity contribution in [3.05, 3.63) is 30.5 Å². The van der Waals surface area contributed by atoms with Crippen LogP contribution in [0.3, 0.4) is 0 Å². The Hall–Kier alpha value is -1.81. The molecule has 1 aromatic heterocycles. The number of nitrogens with zero attached hydrogens (tertiary/aromatic N) is 2. The fourth-order valence-electron chi connectivity index (χ4n) is 3.25. The summed E-state index contributed by atoms with van der Waals surface area (Å²) in [5.74, 6) is 1.85. The van der Waals surface area contributed by atoms with Crippen LogP contribution in [0.2, 0.25) is 0 Å². The minimum absolute atomic E-state index is 0.623. The maximum atomic E-state index is 5.43. The molecule has 1 aliphatic rings. The standard InChI is InChI=1S/C17H23N3O/c1-3-20-11-5-6-13(20)12-19-17-15-7-4-8-16(21-2)14(15)9-10-18-17/h4,7-10,13H,3,5-6,11-12H2,1-2H3,(H,18,19). The van der Waals surface area contributed by atoms with Gasteiger partial charge in [0.1, 0.15) is 11.6 Å². The summed E-state index contributed by atoms with van der Waals surface area (Å²) in [6.45, 7) is 5.54. The molecule has 3 rings (SSSR count). The molecule has 0 aliphatic carbocycles. The largest absolute Gasteiger partial charge is 0.496 e. The Kier molecular flexibility index (Phi) is 4.25. The van der Waals surface area contributed by atoms with Crippen molar-refractivity contribution >= 4 is 16.6 Å². The van der Waals surface area contributed by atoms with E-state index in [1.54, 1.807) is 7.11 Å². The second-order valence-corrected chi connectivity index (χ2v) is 5.52. The highest BCUT2D eigenvalue weighted by molar-refractivity contribution is 5.95. The Balaban J connectivity index is 1.81. The lowest BCUT2D eigenvalue weighted by Gasteiger charge is -2.23. The molecule has 21 heavy (non-hydrogen) atoms. The predicted molar refractivity (Wildman–Crippen MR) is 87.1 cm³/mol. The van der Waals surface area contributed by atoms with Gasteiger partial charge in [0, 0.05) is 29.6 Å². The number of anilines is 1. The molecule has 1 aliphatic heterocycles. The molecule has 1 aromatic carbocycles. The normalized spacial score (nSPS) is 19.0. The fraction of sp³-hybridized carbons (Fsp3) is 0.471. The van der Waals surface area contributed by atoms with E-state index in [0.717, 1.165) is 35.4 Å². The number of hydrogen-bond donors (Lipinski definition) is 1. The van der Waals surface area contributed by atoms with Gasteiger partial charge in [0.25, 0.3) is 0 Å². The van der Waals surface area contributed by atoms with Gasteiger partial charge >= 0.3 is 0 Å². The Morgan fingerprint density at radius 2 is 2.24 bits per heavy atom. The number of aromatic nitrogens is 1. The molecule has 1 fully saturated rings. The number of ether oxygens (including phenoxy) is 1. The number of rotatable bonds is 5. The summed E-state index contributed by atoms with van der Waals surface area (Å²) in [4.78, 5) is 7.05. The Bertz CT molecular complexity index is 614. The van der Waals surface area contributed by atoms with Crippen molar-refractivity contribution in [3.8, 4) is 5.75 Å². The molecule has 4 nitrogen and oxygen atoms in total. The third-order valence-electron chi connectivity index (χ3n) is 4.40. The van der Waals surface area contributed by atoms with Crippen LogP contribution in [-0.2, 0) is 0 Å². The zero-order valence-electron chi connectivity index (χ0n) is 12.8. The molecule has 1 saturated heterocycles. The Morgan fingerprint density at radius 3 is 3.05 bits per heavy atom. The Labute approximate surface area is 126 Å². The van der Waals surface area contributed by atoms with Gasteiger partial charge in [-0.05, 0) is 38.1 Å². The van der Waals surface area contributed by atoms with Crippen LogP contribution in [-0.4, -0.2) is 42.7 Å². The number of fused-ring (bicyclic) bond motifs is 1. The smallest absolute Gasteiger partial charge is 0.134 e. The molecule has 0 spiro atoms. The molecule has 0 bridgehead atoms. The van der Waals surface area contributed by atoms with E-state index in [2.05, 4.69) is 28.2 Å². The van der Waals surface area contributed by atoms with E-state index in [0.29, 0.717) is 6.04 Å². The average Bonchev–Trinajstić information content (AvgIpc) is 2.99. The molecule has 112 valence electrons. The molecule has 0 radical (unpaired) electrons. The van der Waals surface area contributed by atoms with Crippen LogP contribution in [0, 0.1) is 0 Å². The third-order valence-corrected chi connectivity index (χ3v) is 4.40. The number of likely N-dealkylation sites (tertiary alicyclic amines) is 1. The van der Waals surface area contributed by atoms with Gasteiger partial charge in [-0.3, -0.25) is 4.90 Å². The summed E-state index contributed by atoms with van der Waals surface area (Å²) < 4.78 is 5.43. The van der Waals surface area contributed by atoms with Gasteiger partial charge in [-0.2, -0.15) is 0 Å². The summed E-state index contributed by atoms with van der Waals surface area (Å²) in [6.07, 6.45) is 4.42. The first-order valence-corrected chi connectivity index (χ1v) is 7.73. The Morgan fingerprint density at radius 1 is 1.33 bits per heavy atom. The SMILES string of the molecule is CCN1CCCC1CNc1nccc2c(OC)cccc12. The molecule has 1 N–H and O–H groups in total. The molecule has 0 saturated carbocycles. The van der Waals surface area contributed by atoms with Gasteiger partial charge < -0.3 is 10.1 Å². The summed E-state index contributed by atoms with van der Waals surface area (Å²) >= 11 is 0. The average molecular weight is 285 g/mol. The van der Waals surface area contributed by atoms with Crippen molar-refractivity contribution < 1.29 is 4.74 Å². The highest BCUT2D eigenvalue weighted by atomic mass is 16.5. The van der Waals surface area contributed by atoms with Crippen LogP contribution in [0.1, 0.15) is 19.8 Å². The maximum Gasteiger partial charge on any atom is 0.134 e. The summed E-state index contributed by atoms with van der Waals surface area (Å²) in [7, 11) is 1.71. The molecule has 2 aromatic rings. The predicted octanol–water partition coefficient (Wildman–Crippen LogP) is 3.14. The molecule has 4 heteroatoms. The molecule has 1 atom stereocenters. The second kappa shape index (κ2) is 6.31. The van der Waals surface area contributed by atoms with Gasteiger partial charge in [0.05, 0.1) is 7.11 Å². The topological polar surface area (TPSA) is 37.4 Å². The van der Waals surface area contributed by atoms with Gasteiger partial charge in [-0.25, -0.2) is 4.98 Å². The summed E-state index contributed by atoms with van der Waals surface area (Å²) in [5, 5.41) is 5.77. The first-order valence-electron chi connectivity index (χ1n) is 7.73. The lowest BCUT2D eigenvalue weighted by Crippen LogP contribution is -2.34. The van der Waals surface area contributed by atoms with Crippen LogP contribution in [0.5, 0.6) is 5.75 Å². The second-order valence-electron chi connectivity index (χ2n) is 5.52. The van der Waals surface area contributed by atoms with Crippen molar-refractivity contribution in [1.29, 1.82) is 0 Å². The minimum Gasteiger partial charge on any atom is -0.496 e. The van der Waals surface area contributed by atoms with E-state index < -0.39 is 0 Å². The molecule has 2 heterocycles. The number of hydrogen-bond acceptors (Lipinski definition) is 4. The number of methoxy groups -OCH3 is 1. The van der Waals surface area contributed by atoms with Crippen LogP contribution in [0.4, 0.5) is 5.82 Å². The van der Waals surface area contributed by atoms with Gasteiger partial charge in [0.2, 0.25) is 0 Å². The monoisotopic (exact) mass is 285 g/mol. The zero-order valence-corrected chi connectivity index (χ0v) is 12.8. The molecular weight excluding hydrogens is 262 g/mol.